The minimum Gasteiger partial charge on any atom is -0.295 e. The topological polar surface area (TPSA) is 17.1 Å². The van der Waals surface area contributed by atoms with Gasteiger partial charge in [-0.3, -0.25) is 4.79 Å². The monoisotopic (exact) mass is 368 g/mol. The maximum Gasteiger partial charge on any atom is 0.460 e. The van der Waals surface area contributed by atoms with Crippen LogP contribution >= 0.6 is 0 Å². The van der Waals surface area contributed by atoms with Crippen molar-refractivity contribution in [3.05, 3.63) is 23.8 Å². The standard InChI is InChI=1S/C14H13F9O/c1-7-3-4-9(5-10(7)24)8(2)6-11(15,16)12(17,18)13(19,20)14(21,22)23/h3,9H,2,4-6H2,1H3. The summed E-state index contributed by atoms with van der Waals surface area (Å²) in [4.78, 5) is 11.4. The minimum absolute atomic E-state index is 0.0201. The first-order chi connectivity index (χ1) is 10.5. The fourth-order valence-electron chi connectivity index (χ4n) is 2.16. The molecule has 0 saturated heterocycles. The van der Waals surface area contributed by atoms with Crippen LogP contribution in [0.1, 0.15) is 26.2 Å². The number of alkyl halides is 9. The van der Waals surface area contributed by atoms with Crippen molar-refractivity contribution in [3.8, 4) is 0 Å². The first-order valence-electron chi connectivity index (χ1n) is 6.62. The molecular formula is C14H13F9O. The second-order valence-electron chi connectivity index (χ2n) is 5.63. The maximum atomic E-state index is 13.5. The van der Waals surface area contributed by atoms with Gasteiger partial charge in [-0.25, -0.2) is 0 Å². The van der Waals surface area contributed by atoms with Crippen molar-refractivity contribution in [1.82, 2.24) is 0 Å². The van der Waals surface area contributed by atoms with E-state index in [9.17, 15) is 44.3 Å². The van der Waals surface area contributed by atoms with E-state index >= 15 is 0 Å². The Balaban J connectivity index is 3.00. The lowest BCUT2D eigenvalue weighted by Gasteiger charge is -2.35. The van der Waals surface area contributed by atoms with E-state index < -0.39 is 47.6 Å². The van der Waals surface area contributed by atoms with Crippen LogP contribution < -0.4 is 0 Å². The Bertz CT molecular complexity index is 557. The van der Waals surface area contributed by atoms with E-state index in [1.807, 2.05) is 0 Å². The van der Waals surface area contributed by atoms with Crippen LogP contribution in [0.25, 0.3) is 0 Å². The molecule has 0 spiro atoms. The van der Waals surface area contributed by atoms with E-state index in [0.717, 1.165) is 0 Å². The van der Waals surface area contributed by atoms with E-state index in [0.29, 0.717) is 5.57 Å². The zero-order chi connectivity index (χ0) is 19.1. The molecule has 1 unspecified atom stereocenters. The number of halogens is 9. The van der Waals surface area contributed by atoms with Gasteiger partial charge in [0.2, 0.25) is 0 Å². The van der Waals surface area contributed by atoms with Crippen molar-refractivity contribution < 1.29 is 44.3 Å². The molecule has 1 aliphatic carbocycles. The Morgan fingerprint density at radius 2 is 1.58 bits per heavy atom. The lowest BCUT2D eigenvalue weighted by Crippen LogP contribution is -2.61. The Morgan fingerprint density at radius 1 is 1.08 bits per heavy atom. The lowest BCUT2D eigenvalue weighted by molar-refractivity contribution is -0.395. The zero-order valence-corrected chi connectivity index (χ0v) is 12.3. The zero-order valence-electron chi connectivity index (χ0n) is 12.3. The van der Waals surface area contributed by atoms with Crippen LogP contribution in [0.5, 0.6) is 0 Å². The third-order valence-electron chi connectivity index (χ3n) is 3.82. The first kappa shape index (κ1) is 20.6. The molecule has 138 valence electrons. The Hall–Kier alpha value is -1.48. The van der Waals surface area contributed by atoms with Crippen molar-refractivity contribution in [2.24, 2.45) is 5.92 Å². The molecule has 24 heavy (non-hydrogen) atoms. The molecule has 0 aromatic heterocycles. The van der Waals surface area contributed by atoms with Gasteiger partial charge in [-0.1, -0.05) is 18.2 Å². The molecule has 0 heterocycles. The molecule has 1 nitrogen and oxygen atoms in total. The van der Waals surface area contributed by atoms with Gasteiger partial charge < -0.3 is 0 Å². The summed E-state index contributed by atoms with van der Waals surface area (Å²) >= 11 is 0. The Labute approximate surface area is 131 Å². The van der Waals surface area contributed by atoms with Gasteiger partial charge in [-0.2, -0.15) is 39.5 Å². The summed E-state index contributed by atoms with van der Waals surface area (Å²) in [6.45, 7) is 4.50. The van der Waals surface area contributed by atoms with Crippen LogP contribution in [0.2, 0.25) is 0 Å². The van der Waals surface area contributed by atoms with E-state index in [1.54, 1.807) is 0 Å². The predicted octanol–water partition coefficient (Wildman–Crippen LogP) is 5.33. The summed E-state index contributed by atoms with van der Waals surface area (Å²) in [7, 11) is 0. The molecule has 0 aromatic rings. The number of hydrogen-bond acceptors (Lipinski definition) is 1. The van der Waals surface area contributed by atoms with Crippen molar-refractivity contribution in [2.75, 3.05) is 0 Å². The molecule has 0 saturated carbocycles. The summed E-state index contributed by atoms with van der Waals surface area (Å²) in [5, 5.41) is 0. The van der Waals surface area contributed by atoms with E-state index in [1.165, 1.54) is 13.0 Å². The molecule has 1 atom stereocenters. The van der Waals surface area contributed by atoms with Crippen LogP contribution in [0.4, 0.5) is 39.5 Å². The Kier molecular flexibility index (Phi) is 5.23. The SMILES string of the molecule is C=C(CC(F)(F)C(F)(F)C(F)(F)C(F)(F)F)C1CC=C(C)C(=O)C1. The van der Waals surface area contributed by atoms with Gasteiger partial charge in [0.25, 0.3) is 0 Å². The van der Waals surface area contributed by atoms with Crippen molar-refractivity contribution in [1.29, 1.82) is 0 Å². The number of carbonyl (C=O) groups is 1. The molecule has 10 heteroatoms. The van der Waals surface area contributed by atoms with E-state index in [-0.39, 0.29) is 12.8 Å². The molecule has 0 fully saturated rings. The van der Waals surface area contributed by atoms with Crippen LogP contribution in [-0.2, 0) is 4.79 Å². The van der Waals surface area contributed by atoms with Gasteiger partial charge in [0, 0.05) is 12.8 Å². The van der Waals surface area contributed by atoms with Crippen molar-refractivity contribution in [2.45, 2.75) is 50.1 Å². The fourth-order valence-corrected chi connectivity index (χ4v) is 2.16. The van der Waals surface area contributed by atoms with Crippen molar-refractivity contribution in [3.63, 3.8) is 0 Å². The average molecular weight is 368 g/mol. The second-order valence-corrected chi connectivity index (χ2v) is 5.63. The summed E-state index contributed by atoms with van der Waals surface area (Å²) in [5.74, 6) is -20.8. The van der Waals surface area contributed by atoms with Gasteiger partial charge in [0.15, 0.2) is 5.78 Å². The predicted molar refractivity (Wildman–Crippen MR) is 66.1 cm³/mol. The molecule has 1 rings (SSSR count). The number of Topliss-reactive ketones (excluding diaryl/α,β-unsaturated/α-hetero) is 1. The highest BCUT2D eigenvalue weighted by atomic mass is 19.4. The molecular weight excluding hydrogens is 355 g/mol. The van der Waals surface area contributed by atoms with Gasteiger partial charge in [-0.05, 0) is 24.8 Å². The number of rotatable bonds is 5. The van der Waals surface area contributed by atoms with Crippen molar-refractivity contribution >= 4 is 5.78 Å². The second kappa shape index (κ2) is 6.11. The molecule has 0 amide bonds. The minimum atomic E-state index is -6.91. The van der Waals surface area contributed by atoms with E-state index in [2.05, 4.69) is 6.58 Å². The first-order valence-corrected chi connectivity index (χ1v) is 6.62. The number of allylic oxidation sites excluding steroid dienone is 3. The quantitative estimate of drug-likeness (QED) is 0.474. The molecule has 0 radical (unpaired) electrons. The normalized spacial score (nSPS) is 20.8. The van der Waals surface area contributed by atoms with Gasteiger partial charge in [-0.15, -0.1) is 0 Å². The summed E-state index contributed by atoms with van der Waals surface area (Å²) in [6.07, 6.45) is -7.97. The van der Waals surface area contributed by atoms with E-state index in [4.69, 9.17) is 0 Å². The third kappa shape index (κ3) is 3.46. The highest BCUT2D eigenvalue weighted by Crippen LogP contribution is 2.55. The highest BCUT2D eigenvalue weighted by Gasteiger charge is 2.81. The summed E-state index contributed by atoms with van der Waals surface area (Å²) in [6, 6.07) is 0. The molecule has 0 bridgehead atoms. The highest BCUT2D eigenvalue weighted by molar-refractivity contribution is 5.95. The van der Waals surface area contributed by atoms with Gasteiger partial charge >= 0.3 is 23.9 Å². The van der Waals surface area contributed by atoms with Crippen LogP contribution in [-0.4, -0.2) is 29.7 Å². The molecule has 0 N–H and O–H groups in total. The van der Waals surface area contributed by atoms with Crippen LogP contribution in [0, 0.1) is 5.92 Å². The lowest BCUT2D eigenvalue weighted by atomic mass is 9.81. The smallest absolute Gasteiger partial charge is 0.295 e. The molecule has 0 aromatic carbocycles. The average Bonchev–Trinajstić information content (AvgIpc) is 2.39. The Morgan fingerprint density at radius 3 is 2.00 bits per heavy atom. The third-order valence-corrected chi connectivity index (χ3v) is 3.82. The van der Waals surface area contributed by atoms with Crippen LogP contribution in [0.15, 0.2) is 23.8 Å². The summed E-state index contributed by atoms with van der Waals surface area (Å²) in [5.41, 5.74) is -0.366. The summed E-state index contributed by atoms with van der Waals surface area (Å²) < 4.78 is 115. The van der Waals surface area contributed by atoms with Gasteiger partial charge in [0.1, 0.15) is 0 Å². The molecule has 0 aliphatic heterocycles. The number of hydrogen-bond donors (Lipinski definition) is 0. The van der Waals surface area contributed by atoms with Crippen LogP contribution in [0.3, 0.4) is 0 Å². The number of ketones is 1. The largest absolute Gasteiger partial charge is 0.460 e. The fraction of sp³-hybridized carbons (Fsp3) is 0.643. The molecule has 1 aliphatic rings. The maximum absolute atomic E-state index is 13.5. The number of carbonyl (C=O) groups excluding carboxylic acids is 1. The van der Waals surface area contributed by atoms with Gasteiger partial charge in [0.05, 0.1) is 0 Å².